The first kappa shape index (κ1) is 14.5. The highest BCUT2D eigenvalue weighted by Gasteiger charge is 2.34. The first-order valence-corrected chi connectivity index (χ1v) is 7.54. The van der Waals surface area contributed by atoms with Gasteiger partial charge in [-0.05, 0) is 51.3 Å². The maximum absolute atomic E-state index is 3.47. The molecule has 1 N–H and O–H groups in total. The highest BCUT2D eigenvalue weighted by molar-refractivity contribution is 5.28. The quantitative estimate of drug-likeness (QED) is 0.896. The van der Waals surface area contributed by atoms with Crippen LogP contribution < -0.4 is 5.32 Å². The van der Waals surface area contributed by atoms with Crippen molar-refractivity contribution in [2.75, 3.05) is 13.6 Å². The number of piperidine rings is 1. The predicted octanol–water partition coefficient (Wildman–Crippen LogP) is 3.37. The largest absolute Gasteiger partial charge is 0.317 e. The van der Waals surface area contributed by atoms with Crippen LogP contribution in [0.3, 0.4) is 0 Å². The number of benzene rings is 1. The zero-order valence-corrected chi connectivity index (χ0v) is 13.0. The van der Waals surface area contributed by atoms with Crippen molar-refractivity contribution in [3.05, 3.63) is 35.4 Å². The third-order valence-electron chi connectivity index (χ3n) is 5.12. The fourth-order valence-electron chi connectivity index (χ4n) is 3.58. The summed E-state index contributed by atoms with van der Waals surface area (Å²) in [7, 11) is 2.09. The standard InChI is InChI=1S/C17H28N2/c1-12-8-6-7-9-16(12)15(4)19-11-10-17(18-5)13(2)14(19)3/h6-9,13-15,17-18H,10-11H2,1-5H3. The summed E-state index contributed by atoms with van der Waals surface area (Å²) in [5.74, 6) is 0.699. The normalized spacial score (nSPS) is 30.3. The molecule has 1 heterocycles. The average Bonchev–Trinajstić information content (AvgIpc) is 2.41. The Balaban J connectivity index is 2.16. The van der Waals surface area contributed by atoms with Gasteiger partial charge in [-0.2, -0.15) is 0 Å². The maximum atomic E-state index is 3.47. The molecule has 1 saturated heterocycles. The zero-order chi connectivity index (χ0) is 14.0. The van der Waals surface area contributed by atoms with E-state index in [0.717, 1.165) is 0 Å². The van der Waals surface area contributed by atoms with Crippen molar-refractivity contribution in [1.29, 1.82) is 0 Å². The number of aryl methyl sites for hydroxylation is 1. The average molecular weight is 260 g/mol. The molecule has 106 valence electrons. The molecular weight excluding hydrogens is 232 g/mol. The van der Waals surface area contributed by atoms with Gasteiger partial charge in [0.25, 0.3) is 0 Å². The summed E-state index contributed by atoms with van der Waals surface area (Å²) in [5, 5.41) is 3.47. The van der Waals surface area contributed by atoms with Crippen molar-refractivity contribution in [3.63, 3.8) is 0 Å². The molecule has 1 aliphatic heterocycles. The van der Waals surface area contributed by atoms with Crippen LogP contribution >= 0.6 is 0 Å². The molecule has 0 aliphatic carbocycles. The van der Waals surface area contributed by atoms with E-state index in [4.69, 9.17) is 0 Å². The summed E-state index contributed by atoms with van der Waals surface area (Å²) in [6.45, 7) is 10.5. The number of hydrogen-bond acceptors (Lipinski definition) is 2. The van der Waals surface area contributed by atoms with Gasteiger partial charge in [0.05, 0.1) is 0 Å². The van der Waals surface area contributed by atoms with E-state index in [1.165, 1.54) is 24.1 Å². The molecule has 0 bridgehead atoms. The van der Waals surface area contributed by atoms with E-state index < -0.39 is 0 Å². The molecule has 1 fully saturated rings. The van der Waals surface area contributed by atoms with E-state index >= 15 is 0 Å². The second kappa shape index (κ2) is 6.06. The van der Waals surface area contributed by atoms with Crippen LogP contribution in [-0.4, -0.2) is 30.6 Å². The second-order valence-corrected chi connectivity index (χ2v) is 6.05. The van der Waals surface area contributed by atoms with Crippen molar-refractivity contribution >= 4 is 0 Å². The first-order chi connectivity index (χ1) is 9.06. The molecule has 19 heavy (non-hydrogen) atoms. The third-order valence-corrected chi connectivity index (χ3v) is 5.12. The lowest BCUT2D eigenvalue weighted by Gasteiger charge is -2.46. The molecule has 2 nitrogen and oxygen atoms in total. The van der Waals surface area contributed by atoms with Crippen molar-refractivity contribution < 1.29 is 0 Å². The molecular formula is C17H28N2. The monoisotopic (exact) mass is 260 g/mol. The van der Waals surface area contributed by atoms with Crippen molar-refractivity contribution in [2.24, 2.45) is 5.92 Å². The van der Waals surface area contributed by atoms with Crippen LogP contribution in [-0.2, 0) is 0 Å². The molecule has 0 aromatic heterocycles. The Morgan fingerprint density at radius 3 is 2.58 bits per heavy atom. The molecule has 1 aromatic carbocycles. The Morgan fingerprint density at radius 1 is 1.26 bits per heavy atom. The topological polar surface area (TPSA) is 15.3 Å². The van der Waals surface area contributed by atoms with Gasteiger partial charge in [0.1, 0.15) is 0 Å². The summed E-state index contributed by atoms with van der Waals surface area (Å²) in [5.41, 5.74) is 2.88. The maximum Gasteiger partial charge on any atom is 0.0325 e. The van der Waals surface area contributed by atoms with Crippen molar-refractivity contribution in [2.45, 2.75) is 52.2 Å². The molecule has 2 heteroatoms. The van der Waals surface area contributed by atoms with E-state index in [9.17, 15) is 0 Å². The van der Waals surface area contributed by atoms with Crippen molar-refractivity contribution in [3.8, 4) is 0 Å². The summed E-state index contributed by atoms with van der Waals surface area (Å²) in [6, 6.07) is 10.6. The van der Waals surface area contributed by atoms with Gasteiger partial charge in [-0.15, -0.1) is 0 Å². The zero-order valence-electron chi connectivity index (χ0n) is 13.0. The Kier molecular flexibility index (Phi) is 4.64. The molecule has 0 spiro atoms. The van der Waals surface area contributed by atoms with E-state index in [0.29, 0.717) is 24.0 Å². The highest BCUT2D eigenvalue weighted by atomic mass is 15.2. The Labute approximate surface area is 118 Å². The number of nitrogens with one attached hydrogen (secondary N) is 1. The van der Waals surface area contributed by atoms with Gasteiger partial charge in [-0.1, -0.05) is 31.2 Å². The number of likely N-dealkylation sites (tertiary alicyclic amines) is 1. The van der Waals surface area contributed by atoms with Gasteiger partial charge in [0.15, 0.2) is 0 Å². The molecule has 1 aromatic rings. The lowest BCUT2D eigenvalue weighted by atomic mass is 9.85. The fraction of sp³-hybridized carbons (Fsp3) is 0.647. The molecule has 4 unspecified atom stereocenters. The summed E-state index contributed by atoms with van der Waals surface area (Å²) in [6.07, 6.45) is 1.25. The van der Waals surface area contributed by atoms with Crippen LogP contribution in [0.2, 0.25) is 0 Å². The smallest absolute Gasteiger partial charge is 0.0325 e. The van der Waals surface area contributed by atoms with Crippen LogP contribution in [0, 0.1) is 12.8 Å². The Morgan fingerprint density at radius 2 is 1.95 bits per heavy atom. The first-order valence-electron chi connectivity index (χ1n) is 7.54. The van der Waals surface area contributed by atoms with Gasteiger partial charge in [-0.25, -0.2) is 0 Å². The summed E-state index contributed by atoms with van der Waals surface area (Å²) in [4.78, 5) is 2.67. The van der Waals surface area contributed by atoms with Crippen molar-refractivity contribution in [1.82, 2.24) is 10.2 Å². The lowest BCUT2D eigenvalue weighted by molar-refractivity contribution is 0.0543. The van der Waals surface area contributed by atoms with E-state index in [1.54, 1.807) is 0 Å². The van der Waals surface area contributed by atoms with Gasteiger partial charge >= 0.3 is 0 Å². The van der Waals surface area contributed by atoms with E-state index in [-0.39, 0.29) is 0 Å². The fourth-order valence-corrected chi connectivity index (χ4v) is 3.58. The van der Waals surface area contributed by atoms with Crippen LogP contribution in [0.4, 0.5) is 0 Å². The van der Waals surface area contributed by atoms with Crippen LogP contribution in [0.5, 0.6) is 0 Å². The van der Waals surface area contributed by atoms with Gasteiger partial charge in [-0.3, -0.25) is 4.90 Å². The summed E-state index contributed by atoms with van der Waals surface area (Å²) >= 11 is 0. The lowest BCUT2D eigenvalue weighted by Crippen LogP contribution is -2.53. The van der Waals surface area contributed by atoms with Crippen LogP contribution in [0.1, 0.15) is 44.4 Å². The predicted molar refractivity (Wildman–Crippen MR) is 82.4 cm³/mol. The molecule has 0 saturated carbocycles. The number of nitrogens with zero attached hydrogens (tertiary/aromatic N) is 1. The van der Waals surface area contributed by atoms with Gasteiger partial charge in [0.2, 0.25) is 0 Å². The van der Waals surface area contributed by atoms with E-state index in [1.807, 2.05) is 0 Å². The molecule has 2 rings (SSSR count). The third kappa shape index (κ3) is 2.85. The Bertz CT molecular complexity index is 415. The molecule has 4 atom stereocenters. The van der Waals surface area contributed by atoms with Gasteiger partial charge < -0.3 is 5.32 Å². The molecule has 0 radical (unpaired) electrons. The molecule has 0 amide bonds. The molecule has 1 aliphatic rings. The van der Waals surface area contributed by atoms with Crippen LogP contribution in [0.15, 0.2) is 24.3 Å². The SMILES string of the molecule is CNC1CCN(C(C)c2ccccc2C)C(C)C1C. The number of rotatable bonds is 3. The van der Waals surface area contributed by atoms with Crippen LogP contribution in [0.25, 0.3) is 0 Å². The highest BCUT2D eigenvalue weighted by Crippen LogP contribution is 2.32. The summed E-state index contributed by atoms with van der Waals surface area (Å²) < 4.78 is 0. The minimum Gasteiger partial charge on any atom is -0.317 e. The number of hydrogen-bond donors (Lipinski definition) is 1. The minimum absolute atomic E-state index is 0.511. The Hall–Kier alpha value is -0.860. The van der Waals surface area contributed by atoms with Gasteiger partial charge in [0, 0.05) is 24.7 Å². The second-order valence-electron chi connectivity index (χ2n) is 6.05. The van der Waals surface area contributed by atoms with E-state index in [2.05, 4.69) is 69.2 Å². The minimum atomic E-state index is 0.511.